The summed E-state index contributed by atoms with van der Waals surface area (Å²) in [6.45, 7) is 5.04. The molecule has 0 radical (unpaired) electrons. The van der Waals surface area contributed by atoms with Gasteiger partial charge in [-0.15, -0.1) is 0 Å². The van der Waals surface area contributed by atoms with Crippen LogP contribution in [0.4, 0.5) is 0 Å². The van der Waals surface area contributed by atoms with E-state index in [1.165, 1.54) is 103 Å². The highest BCUT2D eigenvalue weighted by molar-refractivity contribution is 7.33. The molecule has 0 aromatic carbocycles. The van der Waals surface area contributed by atoms with Gasteiger partial charge in [0.1, 0.15) is 6.61 Å². The number of carbonyl (C=O) groups excluding carboxylic acids is 2. The van der Waals surface area contributed by atoms with Crippen molar-refractivity contribution in [3.05, 3.63) is 24.3 Å². The summed E-state index contributed by atoms with van der Waals surface area (Å²) in [7, 11) is -0.965. The van der Waals surface area contributed by atoms with Crippen molar-refractivity contribution in [1.82, 2.24) is 5.32 Å². The third-order valence-corrected chi connectivity index (χ3v) is 9.81. The molecular weight excluding hydrogens is 661 g/mol. The van der Waals surface area contributed by atoms with Crippen LogP contribution in [-0.2, 0) is 32.7 Å². The van der Waals surface area contributed by atoms with E-state index in [0.717, 1.165) is 64.2 Å². The zero-order valence-corrected chi connectivity index (χ0v) is 34.4. The van der Waals surface area contributed by atoms with E-state index in [-0.39, 0.29) is 31.8 Å². The van der Waals surface area contributed by atoms with Crippen molar-refractivity contribution in [2.75, 3.05) is 33.4 Å². The fourth-order valence-electron chi connectivity index (χ4n) is 5.74. The molecule has 0 spiro atoms. The SMILES string of the molecule is CCCCCCCC/C=C\CCCCCCCC(=O)OCC(CO[PH](=O)OCCNC)OC(=O)CCCCCCC/C=C\CCCCCCCC. The van der Waals surface area contributed by atoms with E-state index in [1.54, 1.807) is 7.05 Å². The van der Waals surface area contributed by atoms with Crippen LogP contribution < -0.4 is 5.32 Å². The second-order valence-electron chi connectivity index (χ2n) is 14.0. The lowest BCUT2D eigenvalue weighted by Gasteiger charge is -2.18. The molecule has 2 atom stereocenters. The van der Waals surface area contributed by atoms with E-state index in [4.69, 9.17) is 18.5 Å². The Balaban J connectivity index is 4.15. The topological polar surface area (TPSA) is 100 Å². The monoisotopic (exact) mass is 742 g/mol. The number of hydrogen-bond donors (Lipinski definition) is 1. The molecule has 0 amide bonds. The molecule has 0 rings (SSSR count). The third kappa shape index (κ3) is 39.6. The van der Waals surface area contributed by atoms with Gasteiger partial charge in [0.2, 0.25) is 0 Å². The molecule has 0 aromatic rings. The summed E-state index contributed by atoms with van der Waals surface area (Å²) in [5.41, 5.74) is 0. The van der Waals surface area contributed by atoms with Gasteiger partial charge in [-0.3, -0.25) is 14.2 Å². The molecule has 1 N–H and O–H groups in total. The maximum absolute atomic E-state index is 12.6. The van der Waals surface area contributed by atoms with Crippen LogP contribution in [0.1, 0.15) is 194 Å². The number of likely N-dealkylation sites (N-methyl/N-ethyl adjacent to an activating group) is 1. The van der Waals surface area contributed by atoms with Crippen molar-refractivity contribution >= 4 is 20.2 Å². The van der Waals surface area contributed by atoms with Gasteiger partial charge in [0.15, 0.2) is 6.10 Å². The number of hydrogen-bond acceptors (Lipinski definition) is 8. The second-order valence-corrected chi connectivity index (χ2v) is 15.1. The molecular formula is C42H80NO7P. The Labute approximate surface area is 315 Å². The van der Waals surface area contributed by atoms with E-state index in [9.17, 15) is 14.2 Å². The summed E-state index contributed by atoms with van der Waals surface area (Å²) >= 11 is 0. The molecule has 0 aromatic heterocycles. The van der Waals surface area contributed by atoms with Crippen LogP contribution in [0.25, 0.3) is 0 Å². The first kappa shape index (κ1) is 49.5. The molecule has 0 saturated carbocycles. The van der Waals surface area contributed by atoms with Gasteiger partial charge in [0.25, 0.3) is 0 Å². The summed E-state index contributed by atoms with van der Waals surface area (Å²) in [4.78, 5) is 25.0. The maximum atomic E-state index is 12.6. The van der Waals surface area contributed by atoms with Crippen molar-refractivity contribution in [2.24, 2.45) is 0 Å². The Morgan fingerprint density at radius 2 is 0.961 bits per heavy atom. The van der Waals surface area contributed by atoms with Crippen LogP contribution >= 0.6 is 8.25 Å². The van der Waals surface area contributed by atoms with Gasteiger partial charge in [-0.05, 0) is 71.3 Å². The van der Waals surface area contributed by atoms with E-state index in [0.29, 0.717) is 19.4 Å². The molecule has 9 heteroatoms. The normalized spacial score (nSPS) is 12.9. The number of allylic oxidation sites excluding steroid dienone is 4. The van der Waals surface area contributed by atoms with Crippen molar-refractivity contribution in [3.63, 3.8) is 0 Å². The zero-order chi connectivity index (χ0) is 37.3. The van der Waals surface area contributed by atoms with Crippen LogP contribution in [0.5, 0.6) is 0 Å². The standard InChI is InChI=1S/C42H80NO7P/c1-4-6-8-10-12-14-16-18-20-22-24-26-28-30-32-34-41(44)47-38-40(39-49-51(46)48-37-36-43-3)50-42(45)35-33-31-29-27-25-23-21-19-17-15-13-11-9-7-5-2/h18-21,40,43,51H,4-17,22-39H2,1-3H3/b20-18-,21-19-. The number of rotatable bonds is 40. The quantitative estimate of drug-likeness (QED) is 0.0287. The third-order valence-electron chi connectivity index (χ3n) is 8.97. The summed E-state index contributed by atoms with van der Waals surface area (Å²) in [5, 5.41) is 2.91. The van der Waals surface area contributed by atoms with E-state index < -0.39 is 14.4 Å². The van der Waals surface area contributed by atoms with Crippen LogP contribution in [0.15, 0.2) is 24.3 Å². The molecule has 51 heavy (non-hydrogen) atoms. The summed E-state index contributed by atoms with van der Waals surface area (Å²) in [6, 6.07) is 0. The largest absolute Gasteiger partial charge is 0.462 e. The molecule has 300 valence electrons. The lowest BCUT2D eigenvalue weighted by atomic mass is 10.1. The highest BCUT2D eigenvalue weighted by Crippen LogP contribution is 2.24. The van der Waals surface area contributed by atoms with Crippen LogP contribution in [0.2, 0.25) is 0 Å². The number of esters is 2. The number of unbranched alkanes of at least 4 members (excludes halogenated alkanes) is 22. The van der Waals surface area contributed by atoms with Crippen molar-refractivity contribution < 1.29 is 32.7 Å². The molecule has 2 unspecified atom stereocenters. The Kier molecular flexibility index (Phi) is 40.1. The average Bonchev–Trinajstić information content (AvgIpc) is 3.12. The summed E-state index contributed by atoms with van der Waals surface area (Å²) in [5.74, 6) is -0.672. The van der Waals surface area contributed by atoms with E-state index >= 15 is 0 Å². The fraction of sp³-hybridized carbons (Fsp3) is 0.857. The molecule has 0 aliphatic heterocycles. The molecule has 8 nitrogen and oxygen atoms in total. The highest BCUT2D eigenvalue weighted by Gasteiger charge is 2.19. The van der Waals surface area contributed by atoms with Gasteiger partial charge in [0, 0.05) is 19.4 Å². The van der Waals surface area contributed by atoms with Crippen LogP contribution in [0.3, 0.4) is 0 Å². The van der Waals surface area contributed by atoms with Crippen molar-refractivity contribution in [3.8, 4) is 0 Å². The minimum absolute atomic E-state index is 0.117. The highest BCUT2D eigenvalue weighted by atomic mass is 31.1. The van der Waals surface area contributed by atoms with Crippen molar-refractivity contribution in [1.29, 1.82) is 0 Å². The predicted molar refractivity (Wildman–Crippen MR) is 215 cm³/mol. The maximum Gasteiger partial charge on any atom is 0.319 e. The molecule has 0 bridgehead atoms. The van der Waals surface area contributed by atoms with Gasteiger partial charge < -0.3 is 23.8 Å². The molecule has 0 fully saturated rings. The Morgan fingerprint density at radius 3 is 1.41 bits per heavy atom. The van der Waals surface area contributed by atoms with Gasteiger partial charge >= 0.3 is 20.2 Å². The lowest BCUT2D eigenvalue weighted by Crippen LogP contribution is -2.29. The molecule has 0 aliphatic rings. The van der Waals surface area contributed by atoms with Crippen molar-refractivity contribution in [2.45, 2.75) is 200 Å². The average molecular weight is 742 g/mol. The van der Waals surface area contributed by atoms with Gasteiger partial charge in [-0.2, -0.15) is 0 Å². The smallest absolute Gasteiger partial charge is 0.319 e. The summed E-state index contributed by atoms with van der Waals surface area (Å²) in [6.07, 6.45) is 40.2. The Bertz CT molecular complexity index is 851. The van der Waals surface area contributed by atoms with E-state index in [2.05, 4.69) is 43.5 Å². The van der Waals surface area contributed by atoms with Gasteiger partial charge in [-0.1, -0.05) is 141 Å². The first-order valence-electron chi connectivity index (χ1n) is 21.1. The minimum atomic E-state index is -2.74. The second kappa shape index (κ2) is 41.3. The number of ether oxygens (including phenoxy) is 2. The molecule has 0 heterocycles. The van der Waals surface area contributed by atoms with Gasteiger partial charge in [0.05, 0.1) is 13.2 Å². The first-order chi connectivity index (χ1) is 25.0. The van der Waals surface area contributed by atoms with Crippen LogP contribution in [0, 0.1) is 0 Å². The summed E-state index contributed by atoms with van der Waals surface area (Å²) < 4.78 is 33.6. The minimum Gasteiger partial charge on any atom is -0.462 e. The molecule has 0 saturated heterocycles. The number of carbonyl (C=O) groups is 2. The molecule has 0 aliphatic carbocycles. The zero-order valence-electron chi connectivity index (χ0n) is 33.4. The lowest BCUT2D eigenvalue weighted by molar-refractivity contribution is -0.161. The fourth-order valence-corrected chi connectivity index (χ4v) is 6.41. The van der Waals surface area contributed by atoms with E-state index in [1.807, 2.05) is 0 Å². The van der Waals surface area contributed by atoms with Crippen LogP contribution in [-0.4, -0.2) is 51.5 Å². The number of nitrogens with one attached hydrogen (secondary N) is 1. The Hall–Kier alpha value is -1.47. The Morgan fingerprint density at radius 1 is 0.549 bits per heavy atom. The first-order valence-corrected chi connectivity index (χ1v) is 22.3. The predicted octanol–water partition coefficient (Wildman–Crippen LogP) is 12.2. The van der Waals surface area contributed by atoms with Gasteiger partial charge in [-0.25, -0.2) is 0 Å².